The topological polar surface area (TPSA) is 55.8 Å². The zero-order chi connectivity index (χ0) is 13.7. The van der Waals surface area contributed by atoms with Gasteiger partial charge in [-0.25, -0.2) is 9.59 Å². The van der Waals surface area contributed by atoms with E-state index in [1.54, 1.807) is 30.5 Å². The van der Waals surface area contributed by atoms with Crippen LogP contribution in [0.2, 0.25) is 0 Å². The predicted octanol–water partition coefficient (Wildman–Crippen LogP) is 2.34. The fourth-order valence-corrected chi connectivity index (χ4v) is 1.88. The SMILES string of the molecule is COC(=O)[C@@H]1CCC=CN1C(=O)Oc1ccccc1. The van der Waals surface area contributed by atoms with Gasteiger partial charge in [-0.2, -0.15) is 0 Å². The lowest BCUT2D eigenvalue weighted by Gasteiger charge is -2.28. The molecule has 100 valence electrons. The van der Waals surface area contributed by atoms with Gasteiger partial charge in [0.25, 0.3) is 0 Å². The van der Waals surface area contributed by atoms with Gasteiger partial charge in [-0.15, -0.1) is 0 Å². The van der Waals surface area contributed by atoms with Crippen molar-refractivity contribution in [1.29, 1.82) is 0 Å². The lowest BCUT2D eigenvalue weighted by molar-refractivity contribution is -0.145. The molecule has 5 nitrogen and oxygen atoms in total. The van der Waals surface area contributed by atoms with Crippen LogP contribution in [-0.4, -0.2) is 30.1 Å². The number of carbonyl (C=O) groups excluding carboxylic acids is 2. The number of esters is 1. The summed E-state index contributed by atoms with van der Waals surface area (Å²) in [6.07, 6.45) is 4.07. The standard InChI is InChI=1S/C14H15NO4/c1-18-13(16)12-9-5-6-10-15(12)14(17)19-11-7-3-2-4-8-11/h2-4,6-8,10,12H,5,9H2,1H3/t12-/m0/s1. The number of para-hydroxylation sites is 1. The Labute approximate surface area is 111 Å². The summed E-state index contributed by atoms with van der Waals surface area (Å²) < 4.78 is 9.90. The maximum absolute atomic E-state index is 12.0. The number of allylic oxidation sites excluding steroid dienone is 1. The number of hydrogen-bond donors (Lipinski definition) is 0. The molecule has 1 atom stereocenters. The molecule has 1 amide bonds. The lowest BCUT2D eigenvalue weighted by Crippen LogP contribution is -2.44. The number of methoxy groups -OCH3 is 1. The van der Waals surface area contributed by atoms with Gasteiger partial charge in [-0.3, -0.25) is 4.90 Å². The Balaban J connectivity index is 2.10. The third-order valence-electron chi connectivity index (χ3n) is 2.84. The summed E-state index contributed by atoms with van der Waals surface area (Å²) in [5.74, 6) is 0.00412. The second-order valence-electron chi connectivity index (χ2n) is 4.09. The molecular formula is C14H15NO4. The average molecular weight is 261 g/mol. The van der Waals surface area contributed by atoms with Crippen LogP contribution in [0.1, 0.15) is 12.8 Å². The molecule has 0 saturated carbocycles. The molecule has 5 heteroatoms. The van der Waals surface area contributed by atoms with Crippen molar-refractivity contribution in [2.24, 2.45) is 0 Å². The summed E-state index contributed by atoms with van der Waals surface area (Å²) in [5, 5.41) is 0. The molecule has 0 spiro atoms. The molecule has 2 rings (SSSR count). The van der Waals surface area contributed by atoms with Gasteiger partial charge in [-0.05, 0) is 25.0 Å². The van der Waals surface area contributed by atoms with Gasteiger partial charge in [0.2, 0.25) is 0 Å². The summed E-state index contributed by atoms with van der Waals surface area (Å²) in [4.78, 5) is 24.9. The normalized spacial score (nSPS) is 17.9. The largest absolute Gasteiger partial charge is 0.467 e. The van der Waals surface area contributed by atoms with E-state index in [1.807, 2.05) is 12.1 Å². The van der Waals surface area contributed by atoms with Crippen molar-refractivity contribution in [1.82, 2.24) is 4.90 Å². The van der Waals surface area contributed by atoms with Crippen LogP contribution in [0.15, 0.2) is 42.6 Å². The van der Waals surface area contributed by atoms with E-state index < -0.39 is 18.1 Å². The van der Waals surface area contributed by atoms with Crippen LogP contribution in [0.3, 0.4) is 0 Å². The minimum Gasteiger partial charge on any atom is -0.467 e. The zero-order valence-corrected chi connectivity index (χ0v) is 10.6. The lowest BCUT2D eigenvalue weighted by atomic mass is 10.1. The van der Waals surface area contributed by atoms with Crippen LogP contribution in [0.5, 0.6) is 5.75 Å². The minimum atomic E-state index is -0.619. The number of carbonyl (C=O) groups is 2. The Kier molecular flexibility index (Phi) is 4.18. The molecule has 1 aliphatic rings. The maximum Gasteiger partial charge on any atom is 0.420 e. The second kappa shape index (κ2) is 6.04. The molecule has 0 N–H and O–H groups in total. The number of amides is 1. The van der Waals surface area contributed by atoms with Crippen molar-refractivity contribution < 1.29 is 19.1 Å². The van der Waals surface area contributed by atoms with Crippen molar-refractivity contribution >= 4 is 12.1 Å². The van der Waals surface area contributed by atoms with Crippen molar-refractivity contribution in [3.05, 3.63) is 42.6 Å². The fourth-order valence-electron chi connectivity index (χ4n) is 1.88. The molecule has 1 heterocycles. The van der Waals surface area contributed by atoms with Crippen LogP contribution >= 0.6 is 0 Å². The molecule has 0 aromatic heterocycles. The predicted molar refractivity (Wildman–Crippen MR) is 68.5 cm³/mol. The highest BCUT2D eigenvalue weighted by Crippen LogP contribution is 2.19. The van der Waals surface area contributed by atoms with Gasteiger partial charge >= 0.3 is 12.1 Å². The number of rotatable bonds is 2. The van der Waals surface area contributed by atoms with Crippen molar-refractivity contribution in [2.75, 3.05) is 7.11 Å². The van der Waals surface area contributed by atoms with Gasteiger partial charge in [0.05, 0.1) is 7.11 Å². The molecule has 0 saturated heterocycles. The number of benzene rings is 1. The van der Waals surface area contributed by atoms with E-state index in [4.69, 9.17) is 9.47 Å². The van der Waals surface area contributed by atoms with Crippen LogP contribution in [0.4, 0.5) is 4.79 Å². The van der Waals surface area contributed by atoms with E-state index in [0.717, 1.165) is 6.42 Å². The van der Waals surface area contributed by atoms with Crippen molar-refractivity contribution in [2.45, 2.75) is 18.9 Å². The third-order valence-corrected chi connectivity index (χ3v) is 2.84. The number of ether oxygens (including phenoxy) is 2. The number of hydrogen-bond acceptors (Lipinski definition) is 4. The molecule has 0 fully saturated rings. The van der Waals surface area contributed by atoms with Crippen molar-refractivity contribution in [3.8, 4) is 5.75 Å². The van der Waals surface area contributed by atoms with E-state index in [1.165, 1.54) is 12.0 Å². The number of nitrogens with zero attached hydrogens (tertiary/aromatic N) is 1. The Hall–Kier alpha value is -2.30. The van der Waals surface area contributed by atoms with Crippen LogP contribution in [0, 0.1) is 0 Å². The Morgan fingerprint density at radius 2 is 2.00 bits per heavy atom. The summed E-state index contributed by atoms with van der Waals surface area (Å²) in [7, 11) is 1.31. The second-order valence-corrected chi connectivity index (χ2v) is 4.09. The van der Waals surface area contributed by atoms with E-state index in [-0.39, 0.29) is 0 Å². The molecule has 0 aliphatic carbocycles. The summed E-state index contributed by atoms with van der Waals surface area (Å²) in [6, 6.07) is 8.11. The Bertz CT molecular complexity index is 483. The zero-order valence-electron chi connectivity index (χ0n) is 10.6. The molecule has 0 radical (unpaired) electrons. The quantitative estimate of drug-likeness (QED) is 0.767. The first kappa shape index (κ1) is 13.1. The molecule has 19 heavy (non-hydrogen) atoms. The summed E-state index contributed by atoms with van der Waals surface area (Å²) >= 11 is 0. The maximum atomic E-state index is 12.0. The molecule has 1 aliphatic heterocycles. The Morgan fingerprint density at radius 3 is 2.68 bits per heavy atom. The Morgan fingerprint density at radius 1 is 1.26 bits per heavy atom. The van der Waals surface area contributed by atoms with Gasteiger partial charge in [-0.1, -0.05) is 24.3 Å². The van der Waals surface area contributed by atoms with E-state index in [2.05, 4.69) is 0 Å². The smallest absolute Gasteiger partial charge is 0.420 e. The van der Waals surface area contributed by atoms with Crippen LogP contribution in [0.25, 0.3) is 0 Å². The average Bonchev–Trinajstić information content (AvgIpc) is 2.47. The first-order chi connectivity index (χ1) is 9.22. The molecule has 1 aromatic rings. The summed E-state index contributed by atoms with van der Waals surface area (Å²) in [5.41, 5.74) is 0. The van der Waals surface area contributed by atoms with Crippen LogP contribution in [-0.2, 0) is 9.53 Å². The van der Waals surface area contributed by atoms with Gasteiger partial charge in [0.15, 0.2) is 0 Å². The summed E-state index contributed by atoms with van der Waals surface area (Å²) in [6.45, 7) is 0. The highest BCUT2D eigenvalue weighted by Gasteiger charge is 2.31. The minimum absolute atomic E-state index is 0.436. The first-order valence-corrected chi connectivity index (χ1v) is 6.02. The highest BCUT2D eigenvalue weighted by atomic mass is 16.6. The molecular weight excluding hydrogens is 246 g/mol. The van der Waals surface area contributed by atoms with Gasteiger partial charge in [0.1, 0.15) is 11.8 Å². The van der Waals surface area contributed by atoms with E-state index in [9.17, 15) is 9.59 Å². The van der Waals surface area contributed by atoms with E-state index >= 15 is 0 Å². The van der Waals surface area contributed by atoms with Gasteiger partial charge < -0.3 is 9.47 Å². The van der Waals surface area contributed by atoms with Crippen molar-refractivity contribution in [3.63, 3.8) is 0 Å². The highest BCUT2D eigenvalue weighted by molar-refractivity contribution is 5.83. The molecule has 1 aromatic carbocycles. The molecule has 0 bridgehead atoms. The monoisotopic (exact) mass is 261 g/mol. The third kappa shape index (κ3) is 3.13. The van der Waals surface area contributed by atoms with E-state index in [0.29, 0.717) is 12.2 Å². The van der Waals surface area contributed by atoms with Gasteiger partial charge in [0, 0.05) is 6.20 Å². The fraction of sp³-hybridized carbons (Fsp3) is 0.286. The van der Waals surface area contributed by atoms with Crippen LogP contribution < -0.4 is 4.74 Å². The first-order valence-electron chi connectivity index (χ1n) is 6.02. The molecule has 0 unspecified atom stereocenters.